The van der Waals surface area contributed by atoms with E-state index in [1.54, 1.807) is 6.07 Å². The average Bonchev–Trinajstić information content (AvgIpc) is 2.30. The fourth-order valence-corrected chi connectivity index (χ4v) is 2.50. The molecule has 0 saturated heterocycles. The van der Waals surface area contributed by atoms with Gasteiger partial charge in [-0.1, -0.05) is 11.3 Å². The third-order valence-corrected chi connectivity index (χ3v) is 3.81. The van der Waals surface area contributed by atoms with Gasteiger partial charge in [0.05, 0.1) is 0 Å². The van der Waals surface area contributed by atoms with Gasteiger partial charge in [-0.2, -0.15) is 0 Å². The predicted molar refractivity (Wildman–Crippen MR) is 58.4 cm³/mol. The summed E-state index contributed by atoms with van der Waals surface area (Å²) in [4.78, 5) is 0.893. The summed E-state index contributed by atoms with van der Waals surface area (Å²) in [6.45, 7) is 0. The number of rotatable bonds is 0. The highest BCUT2D eigenvalue weighted by Gasteiger charge is 2.03. The van der Waals surface area contributed by atoms with Gasteiger partial charge in [0.1, 0.15) is 0 Å². The summed E-state index contributed by atoms with van der Waals surface area (Å²) < 4.78 is 2.01. The number of aromatic hydroxyl groups is 1. The molecule has 0 aliphatic heterocycles. The molecule has 0 spiro atoms. The van der Waals surface area contributed by atoms with E-state index in [1.807, 2.05) is 12.1 Å². The third-order valence-electron chi connectivity index (χ3n) is 1.57. The molecular weight excluding hydrogens is 256 g/mol. The fraction of sp³-hybridized carbons (Fsp3) is 0. The number of thiophene rings is 1. The van der Waals surface area contributed by atoms with E-state index < -0.39 is 0 Å². The second kappa shape index (κ2) is 2.94. The molecule has 1 aromatic heterocycles. The molecule has 62 valence electrons. The Balaban J connectivity index is 2.83. The van der Waals surface area contributed by atoms with Crippen LogP contribution in [-0.2, 0) is 0 Å². The SMILES string of the molecule is Oc1cc2cc(Br)c(S)cc2s1. The highest BCUT2D eigenvalue weighted by Crippen LogP contribution is 2.35. The lowest BCUT2D eigenvalue weighted by atomic mass is 10.3. The Hall–Kier alpha value is -0.190. The summed E-state index contributed by atoms with van der Waals surface area (Å²) in [5, 5.41) is 10.6. The van der Waals surface area contributed by atoms with Gasteiger partial charge in [0.25, 0.3) is 0 Å². The number of thiol groups is 1. The van der Waals surface area contributed by atoms with Gasteiger partial charge in [-0.25, -0.2) is 0 Å². The van der Waals surface area contributed by atoms with Crippen LogP contribution in [0.5, 0.6) is 5.06 Å². The van der Waals surface area contributed by atoms with Crippen molar-refractivity contribution in [3.63, 3.8) is 0 Å². The predicted octanol–water partition coefficient (Wildman–Crippen LogP) is 3.66. The highest BCUT2D eigenvalue weighted by atomic mass is 79.9. The largest absolute Gasteiger partial charge is 0.499 e. The minimum atomic E-state index is 0.343. The van der Waals surface area contributed by atoms with Gasteiger partial charge in [0, 0.05) is 14.1 Å². The lowest BCUT2D eigenvalue weighted by molar-refractivity contribution is 0.491. The highest BCUT2D eigenvalue weighted by molar-refractivity contribution is 9.10. The second-order valence-corrected chi connectivity index (χ2v) is 4.82. The molecule has 0 fully saturated rings. The third kappa shape index (κ3) is 1.34. The maximum atomic E-state index is 9.22. The molecular formula is C8H5BrOS2. The number of hydrogen-bond donors (Lipinski definition) is 2. The molecule has 1 aromatic carbocycles. The molecule has 12 heavy (non-hydrogen) atoms. The van der Waals surface area contributed by atoms with Crippen molar-refractivity contribution in [2.24, 2.45) is 0 Å². The molecule has 0 amide bonds. The van der Waals surface area contributed by atoms with Gasteiger partial charge in [0.15, 0.2) is 5.06 Å². The molecule has 0 aliphatic carbocycles. The number of hydrogen-bond acceptors (Lipinski definition) is 3. The molecule has 0 saturated carbocycles. The number of benzene rings is 1. The van der Waals surface area contributed by atoms with Gasteiger partial charge in [0.2, 0.25) is 0 Å². The smallest absolute Gasteiger partial charge is 0.172 e. The van der Waals surface area contributed by atoms with E-state index in [9.17, 15) is 5.11 Å². The van der Waals surface area contributed by atoms with E-state index in [2.05, 4.69) is 28.6 Å². The van der Waals surface area contributed by atoms with E-state index in [0.29, 0.717) is 5.06 Å². The van der Waals surface area contributed by atoms with Crippen molar-refractivity contribution < 1.29 is 5.11 Å². The average molecular weight is 261 g/mol. The number of fused-ring (bicyclic) bond motifs is 1. The van der Waals surface area contributed by atoms with Crippen LogP contribution in [0.2, 0.25) is 0 Å². The van der Waals surface area contributed by atoms with Crippen molar-refractivity contribution >= 4 is 50.0 Å². The van der Waals surface area contributed by atoms with E-state index in [4.69, 9.17) is 0 Å². The van der Waals surface area contributed by atoms with Crippen molar-refractivity contribution in [3.8, 4) is 5.06 Å². The van der Waals surface area contributed by atoms with E-state index in [-0.39, 0.29) is 0 Å². The first-order valence-corrected chi connectivity index (χ1v) is 5.33. The Morgan fingerprint density at radius 2 is 2.08 bits per heavy atom. The molecule has 0 aliphatic rings. The van der Waals surface area contributed by atoms with Crippen LogP contribution in [0.1, 0.15) is 0 Å². The maximum absolute atomic E-state index is 9.22. The van der Waals surface area contributed by atoms with Gasteiger partial charge in [-0.15, -0.1) is 12.6 Å². The fourth-order valence-electron chi connectivity index (χ4n) is 1.03. The van der Waals surface area contributed by atoms with Gasteiger partial charge in [-0.05, 0) is 39.5 Å². The van der Waals surface area contributed by atoms with Crippen LogP contribution in [0.4, 0.5) is 0 Å². The van der Waals surface area contributed by atoms with Crippen LogP contribution in [0, 0.1) is 0 Å². The second-order valence-electron chi connectivity index (χ2n) is 2.43. The van der Waals surface area contributed by atoms with Crippen LogP contribution in [0.3, 0.4) is 0 Å². The summed E-state index contributed by atoms with van der Waals surface area (Å²) >= 11 is 8.99. The van der Waals surface area contributed by atoms with Crippen LogP contribution >= 0.6 is 39.9 Å². The Kier molecular flexibility index (Phi) is 2.06. The van der Waals surface area contributed by atoms with Crippen molar-refractivity contribution in [2.75, 3.05) is 0 Å². The first-order valence-electron chi connectivity index (χ1n) is 3.28. The van der Waals surface area contributed by atoms with Crippen LogP contribution in [0.25, 0.3) is 10.1 Å². The van der Waals surface area contributed by atoms with Crippen LogP contribution < -0.4 is 0 Å². The Morgan fingerprint density at radius 3 is 2.83 bits per heavy atom. The molecule has 2 rings (SSSR count). The van der Waals surface area contributed by atoms with Gasteiger partial charge < -0.3 is 5.11 Å². The first-order chi connectivity index (χ1) is 5.66. The molecule has 1 nitrogen and oxygen atoms in total. The minimum Gasteiger partial charge on any atom is -0.499 e. The van der Waals surface area contributed by atoms with Gasteiger partial charge in [-0.3, -0.25) is 0 Å². The van der Waals surface area contributed by atoms with Crippen LogP contribution in [0.15, 0.2) is 27.6 Å². The van der Waals surface area contributed by atoms with E-state index in [0.717, 1.165) is 19.5 Å². The molecule has 0 radical (unpaired) electrons. The first kappa shape index (κ1) is 8.41. The van der Waals surface area contributed by atoms with E-state index in [1.165, 1.54) is 11.3 Å². The zero-order valence-corrected chi connectivity index (χ0v) is 9.21. The molecule has 2 aromatic rings. The molecule has 0 bridgehead atoms. The minimum absolute atomic E-state index is 0.343. The quantitative estimate of drug-likeness (QED) is 0.693. The molecule has 1 heterocycles. The molecule has 1 N–H and O–H groups in total. The van der Waals surface area contributed by atoms with Crippen molar-refractivity contribution in [2.45, 2.75) is 4.90 Å². The summed E-state index contributed by atoms with van der Waals surface area (Å²) in [6, 6.07) is 5.64. The molecule has 0 atom stereocenters. The maximum Gasteiger partial charge on any atom is 0.172 e. The zero-order valence-electron chi connectivity index (χ0n) is 5.91. The number of halogens is 1. The van der Waals surface area contributed by atoms with Crippen molar-refractivity contribution in [1.29, 1.82) is 0 Å². The van der Waals surface area contributed by atoms with Crippen LogP contribution in [-0.4, -0.2) is 5.11 Å². The standard InChI is InChI=1S/C8H5BrOS2/c9-5-1-4-2-8(10)12-7(4)3-6(5)11/h1-3,10-11H. The summed E-state index contributed by atoms with van der Waals surface area (Å²) in [5.74, 6) is 0. The summed E-state index contributed by atoms with van der Waals surface area (Å²) in [6.07, 6.45) is 0. The normalized spacial score (nSPS) is 10.8. The summed E-state index contributed by atoms with van der Waals surface area (Å²) in [7, 11) is 0. The molecule has 4 heteroatoms. The van der Waals surface area contributed by atoms with Gasteiger partial charge >= 0.3 is 0 Å². The Labute approximate surface area is 87.6 Å². The lowest BCUT2D eigenvalue weighted by Gasteiger charge is -1.95. The van der Waals surface area contributed by atoms with Crippen molar-refractivity contribution in [1.82, 2.24) is 0 Å². The van der Waals surface area contributed by atoms with Crippen molar-refractivity contribution in [3.05, 3.63) is 22.7 Å². The summed E-state index contributed by atoms with van der Waals surface area (Å²) in [5.41, 5.74) is 0. The van der Waals surface area contributed by atoms with E-state index >= 15 is 0 Å². The zero-order chi connectivity index (χ0) is 8.72. The topological polar surface area (TPSA) is 20.2 Å². The monoisotopic (exact) mass is 260 g/mol. The molecule has 0 unspecified atom stereocenters. The Morgan fingerprint density at radius 1 is 1.33 bits per heavy atom. The lowest BCUT2D eigenvalue weighted by Crippen LogP contribution is -1.68. The Bertz CT molecular complexity index is 397.